The Morgan fingerprint density at radius 3 is 2.05 bits per heavy atom. The molecule has 2 aromatic rings. The van der Waals surface area contributed by atoms with Gasteiger partial charge in [0.1, 0.15) is 0 Å². The summed E-state index contributed by atoms with van der Waals surface area (Å²) in [7, 11) is 0. The van der Waals surface area contributed by atoms with Crippen LogP contribution in [0.15, 0.2) is 54.9 Å². The lowest BCUT2D eigenvalue weighted by Crippen LogP contribution is -2.34. The predicted octanol–water partition coefficient (Wildman–Crippen LogP) is 4.52. The van der Waals surface area contributed by atoms with Crippen LogP contribution in [-0.2, 0) is 0 Å². The Bertz CT molecular complexity index is 514. The van der Waals surface area contributed by atoms with Gasteiger partial charge in [0.15, 0.2) is 0 Å². The summed E-state index contributed by atoms with van der Waals surface area (Å²) in [5, 5.41) is 3.76. The number of rotatable bonds is 4. The fourth-order valence-electron chi connectivity index (χ4n) is 2.49. The Morgan fingerprint density at radius 1 is 0.900 bits per heavy atom. The van der Waals surface area contributed by atoms with Crippen molar-refractivity contribution >= 4 is 0 Å². The van der Waals surface area contributed by atoms with E-state index >= 15 is 0 Å². The molecule has 0 bridgehead atoms. The summed E-state index contributed by atoms with van der Waals surface area (Å²) in [6.45, 7) is 9.03. The Hall–Kier alpha value is -1.67. The van der Waals surface area contributed by atoms with Crippen molar-refractivity contribution in [3.8, 4) is 0 Å². The first-order chi connectivity index (χ1) is 9.48. The molecule has 2 nitrogen and oxygen atoms in total. The van der Waals surface area contributed by atoms with Gasteiger partial charge in [-0.3, -0.25) is 4.98 Å². The SMILES string of the molecule is CC(NC(c1ccccc1)C(C)(C)C)c1ccncc1. The first-order valence-electron chi connectivity index (χ1n) is 7.19. The van der Waals surface area contributed by atoms with Crippen molar-refractivity contribution in [2.75, 3.05) is 0 Å². The van der Waals surface area contributed by atoms with E-state index in [9.17, 15) is 0 Å². The minimum absolute atomic E-state index is 0.155. The summed E-state index contributed by atoms with van der Waals surface area (Å²) in [5.74, 6) is 0. The number of nitrogens with one attached hydrogen (secondary N) is 1. The van der Waals surface area contributed by atoms with Gasteiger partial charge in [-0.05, 0) is 35.6 Å². The van der Waals surface area contributed by atoms with Gasteiger partial charge in [0.25, 0.3) is 0 Å². The molecule has 0 fully saturated rings. The average Bonchev–Trinajstić information content (AvgIpc) is 2.45. The predicted molar refractivity (Wildman–Crippen MR) is 84.4 cm³/mol. The van der Waals surface area contributed by atoms with Crippen LogP contribution in [0.25, 0.3) is 0 Å². The molecule has 0 aliphatic carbocycles. The van der Waals surface area contributed by atoms with E-state index in [1.807, 2.05) is 12.4 Å². The molecule has 2 rings (SSSR count). The molecule has 2 unspecified atom stereocenters. The lowest BCUT2D eigenvalue weighted by Gasteiger charge is -2.34. The summed E-state index contributed by atoms with van der Waals surface area (Å²) in [6, 6.07) is 15.4. The summed E-state index contributed by atoms with van der Waals surface area (Å²) < 4.78 is 0. The highest BCUT2D eigenvalue weighted by molar-refractivity contribution is 5.22. The second-order valence-electron chi connectivity index (χ2n) is 6.38. The number of hydrogen-bond donors (Lipinski definition) is 1. The smallest absolute Gasteiger partial charge is 0.0374 e. The van der Waals surface area contributed by atoms with Gasteiger partial charge in [-0.2, -0.15) is 0 Å². The van der Waals surface area contributed by atoms with Crippen LogP contribution in [0.4, 0.5) is 0 Å². The van der Waals surface area contributed by atoms with Crippen LogP contribution in [-0.4, -0.2) is 4.98 Å². The van der Waals surface area contributed by atoms with Crippen LogP contribution in [0.1, 0.15) is 50.9 Å². The van der Waals surface area contributed by atoms with Crippen molar-refractivity contribution in [3.05, 3.63) is 66.0 Å². The monoisotopic (exact) mass is 268 g/mol. The van der Waals surface area contributed by atoms with E-state index in [0.29, 0.717) is 12.1 Å². The van der Waals surface area contributed by atoms with E-state index in [4.69, 9.17) is 0 Å². The summed E-state index contributed by atoms with van der Waals surface area (Å²) in [6.07, 6.45) is 3.70. The van der Waals surface area contributed by atoms with Crippen molar-refractivity contribution in [1.29, 1.82) is 0 Å². The van der Waals surface area contributed by atoms with Crippen molar-refractivity contribution in [2.24, 2.45) is 5.41 Å². The van der Waals surface area contributed by atoms with Gasteiger partial charge < -0.3 is 5.32 Å². The molecule has 0 saturated carbocycles. The van der Waals surface area contributed by atoms with E-state index in [1.165, 1.54) is 11.1 Å². The Morgan fingerprint density at radius 2 is 1.50 bits per heavy atom. The molecule has 106 valence electrons. The van der Waals surface area contributed by atoms with Crippen LogP contribution >= 0.6 is 0 Å². The highest BCUT2D eigenvalue weighted by Crippen LogP contribution is 2.34. The quantitative estimate of drug-likeness (QED) is 0.882. The van der Waals surface area contributed by atoms with Gasteiger partial charge in [0.2, 0.25) is 0 Å². The summed E-state index contributed by atoms with van der Waals surface area (Å²) >= 11 is 0. The highest BCUT2D eigenvalue weighted by Gasteiger charge is 2.27. The molecule has 1 aromatic carbocycles. The maximum Gasteiger partial charge on any atom is 0.0374 e. The van der Waals surface area contributed by atoms with Gasteiger partial charge in [-0.1, -0.05) is 51.1 Å². The van der Waals surface area contributed by atoms with Crippen LogP contribution < -0.4 is 5.32 Å². The number of nitrogens with zero attached hydrogens (tertiary/aromatic N) is 1. The molecular weight excluding hydrogens is 244 g/mol. The molecule has 0 amide bonds. The Balaban J connectivity index is 2.22. The van der Waals surface area contributed by atoms with E-state index in [1.54, 1.807) is 0 Å². The first-order valence-corrected chi connectivity index (χ1v) is 7.19. The Labute approximate surface area is 122 Å². The molecule has 0 aliphatic heterocycles. The number of pyridine rings is 1. The Kier molecular flexibility index (Phi) is 4.56. The second-order valence-corrected chi connectivity index (χ2v) is 6.38. The molecule has 1 aromatic heterocycles. The van der Waals surface area contributed by atoms with Crippen LogP contribution in [0, 0.1) is 5.41 Å². The van der Waals surface area contributed by atoms with Gasteiger partial charge in [-0.25, -0.2) is 0 Å². The third kappa shape index (κ3) is 3.67. The average molecular weight is 268 g/mol. The minimum atomic E-state index is 0.155. The highest BCUT2D eigenvalue weighted by atomic mass is 15.0. The minimum Gasteiger partial charge on any atom is -0.303 e. The van der Waals surface area contributed by atoms with Crippen molar-refractivity contribution in [2.45, 2.75) is 39.8 Å². The third-order valence-corrected chi connectivity index (χ3v) is 3.62. The first kappa shape index (κ1) is 14.7. The zero-order valence-corrected chi connectivity index (χ0v) is 12.8. The molecule has 2 heteroatoms. The third-order valence-electron chi connectivity index (χ3n) is 3.62. The molecular formula is C18H24N2. The lowest BCUT2D eigenvalue weighted by molar-refractivity contribution is 0.254. The van der Waals surface area contributed by atoms with E-state index in [0.717, 1.165) is 0 Å². The van der Waals surface area contributed by atoms with Gasteiger partial charge >= 0.3 is 0 Å². The standard InChI is InChI=1S/C18H24N2/c1-14(15-10-12-19-13-11-15)20-17(18(2,3)4)16-8-6-5-7-9-16/h5-14,17,20H,1-4H3. The zero-order chi connectivity index (χ0) is 14.6. The molecule has 1 heterocycles. The summed E-state index contributed by atoms with van der Waals surface area (Å²) in [5.41, 5.74) is 2.76. The van der Waals surface area contributed by atoms with Gasteiger partial charge in [-0.15, -0.1) is 0 Å². The topological polar surface area (TPSA) is 24.9 Å². The molecule has 0 radical (unpaired) electrons. The maximum absolute atomic E-state index is 4.09. The lowest BCUT2D eigenvalue weighted by atomic mass is 9.81. The molecule has 0 spiro atoms. The van der Waals surface area contributed by atoms with E-state index in [-0.39, 0.29) is 5.41 Å². The van der Waals surface area contributed by atoms with Gasteiger partial charge in [0.05, 0.1) is 0 Å². The van der Waals surface area contributed by atoms with Crippen LogP contribution in [0.3, 0.4) is 0 Å². The van der Waals surface area contributed by atoms with Gasteiger partial charge in [0, 0.05) is 24.5 Å². The zero-order valence-electron chi connectivity index (χ0n) is 12.8. The van der Waals surface area contributed by atoms with Crippen molar-refractivity contribution in [1.82, 2.24) is 10.3 Å². The number of benzene rings is 1. The summed E-state index contributed by atoms with van der Waals surface area (Å²) in [4.78, 5) is 4.09. The van der Waals surface area contributed by atoms with Crippen LogP contribution in [0.5, 0.6) is 0 Å². The molecule has 2 atom stereocenters. The van der Waals surface area contributed by atoms with Crippen molar-refractivity contribution in [3.63, 3.8) is 0 Å². The number of hydrogen-bond acceptors (Lipinski definition) is 2. The molecule has 0 aliphatic rings. The van der Waals surface area contributed by atoms with E-state index in [2.05, 4.69) is 80.5 Å². The molecule has 1 N–H and O–H groups in total. The normalized spacial score (nSPS) is 14.8. The molecule has 0 saturated heterocycles. The molecule has 20 heavy (non-hydrogen) atoms. The fourth-order valence-corrected chi connectivity index (χ4v) is 2.49. The van der Waals surface area contributed by atoms with Crippen LogP contribution in [0.2, 0.25) is 0 Å². The van der Waals surface area contributed by atoms with Crippen molar-refractivity contribution < 1.29 is 0 Å². The number of aromatic nitrogens is 1. The second kappa shape index (κ2) is 6.19. The van der Waals surface area contributed by atoms with E-state index < -0.39 is 0 Å². The largest absolute Gasteiger partial charge is 0.303 e. The fraction of sp³-hybridized carbons (Fsp3) is 0.389. The maximum atomic E-state index is 4.09.